The van der Waals surface area contributed by atoms with Crippen molar-refractivity contribution in [2.24, 2.45) is 0 Å². The number of rotatable bonds is 2. The first kappa shape index (κ1) is 14.0. The zero-order valence-corrected chi connectivity index (χ0v) is 12.6. The highest BCUT2D eigenvalue weighted by Crippen LogP contribution is 2.36. The number of hydrogen-bond acceptors (Lipinski definition) is 1. The van der Waals surface area contributed by atoms with E-state index in [0.717, 1.165) is 11.3 Å². The van der Waals surface area contributed by atoms with E-state index in [2.05, 4.69) is 26.8 Å². The molecular weight excluding hydrogens is 256 g/mol. The molecule has 0 amide bonds. The summed E-state index contributed by atoms with van der Waals surface area (Å²) in [5, 5.41) is 0.642. The summed E-state index contributed by atoms with van der Waals surface area (Å²) in [5.41, 5.74) is 2.33. The van der Waals surface area contributed by atoms with Crippen LogP contribution < -0.4 is 4.74 Å². The molecule has 0 aliphatic rings. The highest BCUT2D eigenvalue weighted by molar-refractivity contribution is 6.32. The Bertz CT molecular complexity index is 582. The van der Waals surface area contributed by atoms with Crippen LogP contribution in [0, 0.1) is 6.92 Å². The average Bonchev–Trinajstić information content (AvgIpc) is 2.32. The van der Waals surface area contributed by atoms with Crippen LogP contribution in [0.5, 0.6) is 11.5 Å². The third-order valence-electron chi connectivity index (χ3n) is 3.00. The number of ether oxygens (including phenoxy) is 1. The second kappa shape index (κ2) is 5.26. The SMILES string of the molecule is Cc1ccc(Oc2ccccc2C(C)(C)C)c(Cl)c1. The molecule has 0 heterocycles. The first-order chi connectivity index (χ1) is 8.88. The van der Waals surface area contributed by atoms with E-state index in [1.54, 1.807) is 0 Å². The quantitative estimate of drug-likeness (QED) is 0.679. The Hall–Kier alpha value is -1.47. The van der Waals surface area contributed by atoms with Crippen molar-refractivity contribution in [1.29, 1.82) is 0 Å². The summed E-state index contributed by atoms with van der Waals surface area (Å²) in [4.78, 5) is 0. The van der Waals surface area contributed by atoms with Crippen LogP contribution in [0.25, 0.3) is 0 Å². The minimum absolute atomic E-state index is 0.0355. The van der Waals surface area contributed by atoms with Gasteiger partial charge in [0.1, 0.15) is 11.5 Å². The number of hydrogen-bond donors (Lipinski definition) is 0. The van der Waals surface area contributed by atoms with Crippen molar-refractivity contribution in [3.05, 3.63) is 58.6 Å². The molecule has 0 N–H and O–H groups in total. The minimum atomic E-state index is 0.0355. The Morgan fingerprint density at radius 3 is 2.26 bits per heavy atom. The van der Waals surface area contributed by atoms with Crippen LogP contribution in [0.1, 0.15) is 31.9 Å². The van der Waals surface area contributed by atoms with Crippen molar-refractivity contribution in [1.82, 2.24) is 0 Å². The molecule has 2 rings (SSSR count). The largest absolute Gasteiger partial charge is 0.455 e. The molecule has 0 aliphatic carbocycles. The molecule has 19 heavy (non-hydrogen) atoms. The molecule has 0 spiro atoms. The van der Waals surface area contributed by atoms with E-state index in [-0.39, 0.29) is 5.41 Å². The number of aryl methyl sites for hydroxylation is 1. The van der Waals surface area contributed by atoms with E-state index in [1.807, 2.05) is 43.3 Å². The van der Waals surface area contributed by atoms with Crippen molar-refractivity contribution >= 4 is 11.6 Å². The van der Waals surface area contributed by atoms with Crippen molar-refractivity contribution < 1.29 is 4.74 Å². The Morgan fingerprint density at radius 1 is 0.947 bits per heavy atom. The van der Waals surface area contributed by atoms with Crippen LogP contribution in [-0.2, 0) is 5.41 Å². The summed E-state index contributed by atoms with van der Waals surface area (Å²) in [6, 6.07) is 13.9. The lowest BCUT2D eigenvalue weighted by Gasteiger charge is -2.22. The smallest absolute Gasteiger partial charge is 0.146 e. The van der Waals surface area contributed by atoms with Gasteiger partial charge in [-0.2, -0.15) is 0 Å². The molecule has 0 saturated carbocycles. The number of benzene rings is 2. The summed E-state index contributed by atoms with van der Waals surface area (Å²) < 4.78 is 5.99. The van der Waals surface area contributed by atoms with Crippen LogP contribution in [0.3, 0.4) is 0 Å². The summed E-state index contributed by atoms with van der Waals surface area (Å²) >= 11 is 6.22. The standard InChI is InChI=1S/C17H19ClO/c1-12-9-10-16(14(18)11-12)19-15-8-6-5-7-13(15)17(2,3)4/h5-11H,1-4H3. The molecule has 2 aromatic carbocycles. The van der Waals surface area contributed by atoms with Gasteiger partial charge in [0.25, 0.3) is 0 Å². The van der Waals surface area contributed by atoms with Crippen LogP contribution in [-0.4, -0.2) is 0 Å². The predicted octanol–water partition coefficient (Wildman–Crippen LogP) is 5.74. The van der Waals surface area contributed by atoms with Crippen LogP contribution >= 0.6 is 11.6 Å². The molecule has 0 aliphatic heterocycles. The fourth-order valence-electron chi connectivity index (χ4n) is 1.98. The second-order valence-corrected chi connectivity index (χ2v) is 6.19. The molecular formula is C17H19ClO. The van der Waals surface area contributed by atoms with Crippen LogP contribution in [0.2, 0.25) is 5.02 Å². The summed E-state index contributed by atoms with van der Waals surface area (Å²) in [7, 11) is 0. The van der Waals surface area contributed by atoms with Crippen molar-refractivity contribution in [2.45, 2.75) is 33.1 Å². The number of halogens is 1. The summed E-state index contributed by atoms with van der Waals surface area (Å²) in [6.07, 6.45) is 0. The van der Waals surface area contributed by atoms with E-state index < -0.39 is 0 Å². The first-order valence-electron chi connectivity index (χ1n) is 6.41. The third-order valence-corrected chi connectivity index (χ3v) is 3.30. The molecule has 0 atom stereocenters. The maximum atomic E-state index is 6.22. The molecule has 0 unspecified atom stereocenters. The first-order valence-corrected chi connectivity index (χ1v) is 6.79. The summed E-state index contributed by atoms with van der Waals surface area (Å²) in [6.45, 7) is 8.53. The maximum Gasteiger partial charge on any atom is 0.146 e. The number of para-hydroxylation sites is 1. The highest BCUT2D eigenvalue weighted by atomic mass is 35.5. The minimum Gasteiger partial charge on any atom is -0.455 e. The second-order valence-electron chi connectivity index (χ2n) is 5.78. The van der Waals surface area contributed by atoms with Gasteiger partial charge >= 0.3 is 0 Å². The van der Waals surface area contributed by atoms with E-state index in [4.69, 9.17) is 16.3 Å². The Labute approximate surface area is 120 Å². The Balaban J connectivity index is 2.39. The van der Waals surface area contributed by atoms with Gasteiger partial charge in [0.05, 0.1) is 5.02 Å². The molecule has 2 heteroatoms. The third kappa shape index (κ3) is 3.30. The van der Waals surface area contributed by atoms with Crippen molar-refractivity contribution in [3.63, 3.8) is 0 Å². The fourth-order valence-corrected chi connectivity index (χ4v) is 2.26. The maximum absolute atomic E-state index is 6.22. The average molecular weight is 275 g/mol. The lowest BCUT2D eigenvalue weighted by molar-refractivity contribution is 0.455. The molecule has 0 fully saturated rings. The topological polar surface area (TPSA) is 9.23 Å². The molecule has 0 saturated heterocycles. The van der Waals surface area contributed by atoms with E-state index >= 15 is 0 Å². The van der Waals surface area contributed by atoms with Gasteiger partial charge in [-0.25, -0.2) is 0 Å². The van der Waals surface area contributed by atoms with E-state index in [1.165, 1.54) is 5.56 Å². The van der Waals surface area contributed by atoms with E-state index in [9.17, 15) is 0 Å². The van der Waals surface area contributed by atoms with Crippen LogP contribution in [0.4, 0.5) is 0 Å². The zero-order valence-electron chi connectivity index (χ0n) is 11.8. The Morgan fingerprint density at radius 2 is 1.63 bits per heavy atom. The molecule has 0 aromatic heterocycles. The molecule has 0 bridgehead atoms. The van der Waals surface area contributed by atoms with Crippen molar-refractivity contribution in [2.75, 3.05) is 0 Å². The van der Waals surface area contributed by atoms with Crippen molar-refractivity contribution in [3.8, 4) is 11.5 Å². The van der Waals surface area contributed by atoms with Gasteiger partial charge in [0.2, 0.25) is 0 Å². The predicted molar refractivity (Wildman–Crippen MR) is 81.4 cm³/mol. The molecule has 0 radical (unpaired) electrons. The van der Waals surface area contributed by atoms with Gasteiger partial charge in [-0.3, -0.25) is 0 Å². The fraction of sp³-hybridized carbons (Fsp3) is 0.294. The normalized spacial score (nSPS) is 11.4. The molecule has 2 aromatic rings. The lowest BCUT2D eigenvalue weighted by Crippen LogP contribution is -2.12. The van der Waals surface area contributed by atoms with E-state index in [0.29, 0.717) is 10.8 Å². The van der Waals surface area contributed by atoms with Crippen LogP contribution in [0.15, 0.2) is 42.5 Å². The van der Waals surface area contributed by atoms with Gasteiger partial charge in [0.15, 0.2) is 0 Å². The summed E-state index contributed by atoms with van der Waals surface area (Å²) in [5.74, 6) is 1.56. The van der Waals surface area contributed by atoms with Gasteiger partial charge in [0, 0.05) is 5.56 Å². The Kier molecular flexibility index (Phi) is 3.86. The molecule has 100 valence electrons. The van der Waals surface area contributed by atoms with Gasteiger partial charge in [-0.1, -0.05) is 56.6 Å². The van der Waals surface area contributed by atoms with Gasteiger partial charge in [-0.05, 0) is 36.1 Å². The zero-order chi connectivity index (χ0) is 14.0. The molecule has 1 nitrogen and oxygen atoms in total. The lowest BCUT2D eigenvalue weighted by atomic mass is 9.86. The van der Waals surface area contributed by atoms with Gasteiger partial charge < -0.3 is 4.74 Å². The highest BCUT2D eigenvalue weighted by Gasteiger charge is 2.19. The van der Waals surface area contributed by atoms with Gasteiger partial charge in [-0.15, -0.1) is 0 Å². The monoisotopic (exact) mass is 274 g/mol.